The summed E-state index contributed by atoms with van der Waals surface area (Å²) in [5, 5.41) is 0. The zero-order chi connectivity index (χ0) is 18.7. The van der Waals surface area contributed by atoms with E-state index in [1.165, 1.54) is 12.0 Å². The number of imidazole rings is 1. The highest BCUT2D eigenvalue weighted by atomic mass is 16.2. The molecule has 0 aliphatic carbocycles. The number of hydrogen-bond acceptors (Lipinski definition) is 4. The SMILES string of the molecule is Cc1ncc(-c2ccc(C[C@@H]3CCCN(C(=O)CN(C)C)C3)cn2)n1C. The van der Waals surface area contributed by atoms with Gasteiger partial charge in [0.25, 0.3) is 0 Å². The van der Waals surface area contributed by atoms with Crippen molar-refractivity contribution < 1.29 is 4.79 Å². The first-order chi connectivity index (χ1) is 12.4. The van der Waals surface area contributed by atoms with E-state index in [1.54, 1.807) is 0 Å². The Morgan fingerprint density at radius 2 is 2.08 bits per heavy atom. The Balaban J connectivity index is 1.62. The van der Waals surface area contributed by atoms with E-state index in [2.05, 4.69) is 26.7 Å². The van der Waals surface area contributed by atoms with Crippen molar-refractivity contribution in [3.8, 4) is 11.4 Å². The third-order valence-corrected chi connectivity index (χ3v) is 5.16. The van der Waals surface area contributed by atoms with Gasteiger partial charge >= 0.3 is 0 Å². The van der Waals surface area contributed by atoms with Gasteiger partial charge in [0.1, 0.15) is 5.82 Å². The second-order valence-corrected chi connectivity index (χ2v) is 7.59. The zero-order valence-electron chi connectivity index (χ0n) is 16.3. The minimum atomic E-state index is 0.236. The number of rotatable bonds is 5. The molecule has 0 saturated carbocycles. The smallest absolute Gasteiger partial charge is 0.236 e. The number of carbonyl (C=O) groups is 1. The molecule has 6 nitrogen and oxygen atoms in total. The summed E-state index contributed by atoms with van der Waals surface area (Å²) < 4.78 is 2.05. The van der Waals surface area contributed by atoms with Crippen LogP contribution in [0.15, 0.2) is 24.5 Å². The average molecular weight is 355 g/mol. The molecule has 26 heavy (non-hydrogen) atoms. The zero-order valence-corrected chi connectivity index (χ0v) is 16.3. The molecule has 2 aromatic rings. The van der Waals surface area contributed by atoms with Crippen molar-refractivity contribution in [3.05, 3.63) is 35.9 Å². The maximum atomic E-state index is 12.3. The van der Waals surface area contributed by atoms with Crippen LogP contribution >= 0.6 is 0 Å². The minimum Gasteiger partial charge on any atom is -0.341 e. The number of pyridine rings is 1. The molecule has 3 heterocycles. The monoisotopic (exact) mass is 355 g/mol. The Bertz CT molecular complexity index is 750. The van der Waals surface area contributed by atoms with Gasteiger partial charge < -0.3 is 14.4 Å². The summed E-state index contributed by atoms with van der Waals surface area (Å²) in [6.07, 6.45) is 7.08. The van der Waals surface area contributed by atoms with Gasteiger partial charge in [-0.15, -0.1) is 0 Å². The van der Waals surface area contributed by atoms with Crippen LogP contribution in [0.3, 0.4) is 0 Å². The summed E-state index contributed by atoms with van der Waals surface area (Å²) in [6, 6.07) is 4.23. The second-order valence-electron chi connectivity index (χ2n) is 7.59. The molecule has 0 bridgehead atoms. The molecule has 0 aromatic carbocycles. The van der Waals surface area contributed by atoms with Crippen LogP contribution in [0, 0.1) is 12.8 Å². The highest BCUT2D eigenvalue weighted by Gasteiger charge is 2.24. The van der Waals surface area contributed by atoms with Gasteiger partial charge in [-0.25, -0.2) is 4.98 Å². The molecule has 140 valence electrons. The first kappa shape index (κ1) is 18.6. The molecule has 0 unspecified atom stereocenters. The van der Waals surface area contributed by atoms with E-state index in [1.807, 2.05) is 50.3 Å². The van der Waals surface area contributed by atoms with E-state index in [4.69, 9.17) is 0 Å². The van der Waals surface area contributed by atoms with Crippen LogP contribution in [0.5, 0.6) is 0 Å². The first-order valence-electron chi connectivity index (χ1n) is 9.30. The van der Waals surface area contributed by atoms with Crippen LogP contribution in [0.4, 0.5) is 0 Å². The molecular formula is C20H29N5O. The summed E-state index contributed by atoms with van der Waals surface area (Å²) in [4.78, 5) is 25.2. The lowest BCUT2D eigenvalue weighted by atomic mass is 9.91. The van der Waals surface area contributed by atoms with Crippen LogP contribution in [0.25, 0.3) is 11.4 Å². The predicted octanol–water partition coefficient (Wildman–Crippen LogP) is 2.13. The van der Waals surface area contributed by atoms with Crippen molar-refractivity contribution in [3.63, 3.8) is 0 Å². The predicted molar refractivity (Wildman–Crippen MR) is 103 cm³/mol. The molecule has 3 rings (SSSR count). The lowest BCUT2D eigenvalue weighted by Crippen LogP contribution is -2.44. The van der Waals surface area contributed by atoms with Gasteiger partial charge in [-0.2, -0.15) is 0 Å². The van der Waals surface area contributed by atoms with Crippen molar-refractivity contribution in [1.29, 1.82) is 0 Å². The van der Waals surface area contributed by atoms with Crippen molar-refractivity contribution in [1.82, 2.24) is 24.3 Å². The third kappa shape index (κ3) is 4.30. The summed E-state index contributed by atoms with van der Waals surface area (Å²) in [6.45, 7) is 4.23. The molecule has 1 aliphatic rings. The molecule has 1 atom stereocenters. The topological polar surface area (TPSA) is 54.3 Å². The summed E-state index contributed by atoms with van der Waals surface area (Å²) in [7, 11) is 5.89. The molecule has 0 N–H and O–H groups in total. The van der Waals surface area contributed by atoms with Crippen LogP contribution in [-0.4, -0.2) is 64.0 Å². The second kappa shape index (κ2) is 7.99. The Morgan fingerprint density at radius 1 is 1.27 bits per heavy atom. The average Bonchev–Trinajstić information content (AvgIpc) is 2.94. The maximum Gasteiger partial charge on any atom is 0.236 e. The van der Waals surface area contributed by atoms with Crippen molar-refractivity contribution in [2.75, 3.05) is 33.7 Å². The lowest BCUT2D eigenvalue weighted by Gasteiger charge is -2.33. The highest BCUT2D eigenvalue weighted by Crippen LogP contribution is 2.23. The summed E-state index contributed by atoms with van der Waals surface area (Å²) >= 11 is 0. The molecule has 1 aliphatic heterocycles. The molecule has 6 heteroatoms. The van der Waals surface area contributed by atoms with Gasteiger partial charge in [0.05, 0.1) is 24.1 Å². The van der Waals surface area contributed by atoms with E-state index in [0.717, 1.165) is 43.1 Å². The number of piperidine rings is 1. The molecule has 1 saturated heterocycles. The maximum absolute atomic E-state index is 12.3. The molecule has 1 fully saturated rings. The Kier molecular flexibility index (Phi) is 5.71. The van der Waals surface area contributed by atoms with Crippen molar-refractivity contribution in [2.24, 2.45) is 13.0 Å². The molecular weight excluding hydrogens is 326 g/mol. The fourth-order valence-electron chi connectivity index (χ4n) is 3.60. The summed E-state index contributed by atoms with van der Waals surface area (Å²) in [5.41, 5.74) is 3.22. The van der Waals surface area contributed by atoms with E-state index in [9.17, 15) is 4.79 Å². The van der Waals surface area contributed by atoms with Crippen molar-refractivity contribution in [2.45, 2.75) is 26.2 Å². The van der Waals surface area contributed by atoms with Gasteiger partial charge in [-0.1, -0.05) is 6.07 Å². The van der Waals surface area contributed by atoms with E-state index < -0.39 is 0 Å². The van der Waals surface area contributed by atoms with Gasteiger partial charge in [0, 0.05) is 26.3 Å². The fourth-order valence-corrected chi connectivity index (χ4v) is 3.60. The fraction of sp³-hybridized carbons (Fsp3) is 0.550. The molecule has 0 spiro atoms. The number of likely N-dealkylation sites (N-methyl/N-ethyl adjacent to an activating group) is 1. The molecule has 2 aromatic heterocycles. The number of carbonyl (C=O) groups excluding carboxylic acids is 1. The minimum absolute atomic E-state index is 0.236. The first-order valence-corrected chi connectivity index (χ1v) is 9.30. The number of hydrogen-bond donors (Lipinski definition) is 0. The normalized spacial score (nSPS) is 17.7. The van der Waals surface area contributed by atoms with Crippen LogP contribution in [0.1, 0.15) is 24.2 Å². The van der Waals surface area contributed by atoms with Crippen LogP contribution in [-0.2, 0) is 18.3 Å². The van der Waals surface area contributed by atoms with E-state index in [-0.39, 0.29) is 5.91 Å². The number of likely N-dealkylation sites (tertiary alicyclic amines) is 1. The number of aryl methyl sites for hydroxylation is 1. The van der Waals surface area contributed by atoms with Gasteiger partial charge in [0.15, 0.2) is 0 Å². The van der Waals surface area contributed by atoms with E-state index in [0.29, 0.717) is 12.5 Å². The highest BCUT2D eigenvalue weighted by molar-refractivity contribution is 5.78. The standard InChI is InChI=1S/C20H29N5O/c1-15-21-12-19(24(15)4)18-8-7-16(11-22-18)10-17-6-5-9-25(13-17)20(26)14-23(2)3/h7-8,11-12,17H,5-6,9-10,13-14H2,1-4H3/t17-/m0/s1. The van der Waals surface area contributed by atoms with Crippen molar-refractivity contribution >= 4 is 5.91 Å². The number of aromatic nitrogens is 3. The largest absolute Gasteiger partial charge is 0.341 e. The van der Waals surface area contributed by atoms with Gasteiger partial charge in [-0.3, -0.25) is 9.78 Å². The number of amides is 1. The van der Waals surface area contributed by atoms with Gasteiger partial charge in [-0.05, 0) is 57.8 Å². The quantitative estimate of drug-likeness (QED) is 0.824. The summed E-state index contributed by atoms with van der Waals surface area (Å²) in [5.74, 6) is 1.73. The van der Waals surface area contributed by atoms with Gasteiger partial charge in [0.2, 0.25) is 5.91 Å². The Morgan fingerprint density at radius 3 is 2.69 bits per heavy atom. The number of nitrogens with zero attached hydrogens (tertiary/aromatic N) is 5. The van der Waals surface area contributed by atoms with Crippen LogP contribution < -0.4 is 0 Å². The molecule has 0 radical (unpaired) electrons. The van der Waals surface area contributed by atoms with Crippen LogP contribution in [0.2, 0.25) is 0 Å². The molecule has 1 amide bonds. The lowest BCUT2D eigenvalue weighted by molar-refractivity contribution is -0.133. The Labute approximate surface area is 155 Å². The Hall–Kier alpha value is -2.21. The third-order valence-electron chi connectivity index (χ3n) is 5.16. The van der Waals surface area contributed by atoms with E-state index >= 15 is 0 Å².